The predicted octanol–water partition coefficient (Wildman–Crippen LogP) is -1.42. The summed E-state index contributed by atoms with van der Waals surface area (Å²) in [7, 11) is -0.398. The first-order chi connectivity index (χ1) is 12.3. The Morgan fingerprint density at radius 2 is 1.85 bits per heavy atom. The van der Waals surface area contributed by atoms with Crippen LogP contribution in [-0.2, 0) is 14.8 Å². The average Bonchev–Trinajstić information content (AvgIpc) is 2.95. The second kappa shape index (κ2) is 7.51. The normalized spacial score (nSPS) is 24.5. The van der Waals surface area contributed by atoms with Crippen molar-refractivity contribution in [1.29, 1.82) is 0 Å². The van der Waals surface area contributed by atoms with E-state index in [0.29, 0.717) is 32.1 Å². The number of nitrogens with two attached hydrogens (primary N) is 1. The van der Waals surface area contributed by atoms with E-state index in [1.165, 1.54) is 18.4 Å². The summed E-state index contributed by atoms with van der Waals surface area (Å²) in [5, 5.41) is 10.3. The van der Waals surface area contributed by atoms with E-state index in [-0.39, 0.29) is 17.6 Å². The van der Waals surface area contributed by atoms with Crippen molar-refractivity contribution < 1.29 is 18.3 Å². The lowest BCUT2D eigenvalue weighted by Crippen LogP contribution is -2.37. The standard InChI is InChI=1S/C15H26N6O4S/c1-19(2)26(23,24)10-11-8-21(9-12(11)22)14-7-13(17-15(16)18-14)20-3-5-25-6-4-20/h7,11-12,22H,3-6,8-10H2,1-2H3,(H2,16,17,18)/t11-,12+/m0/s1. The number of rotatable bonds is 5. The quantitative estimate of drug-likeness (QED) is 0.627. The number of hydrogen-bond acceptors (Lipinski definition) is 9. The number of aliphatic hydroxyl groups is 1. The maximum Gasteiger partial charge on any atom is 0.223 e. The molecule has 0 radical (unpaired) electrons. The fourth-order valence-electron chi connectivity index (χ4n) is 3.18. The molecule has 2 fully saturated rings. The van der Waals surface area contributed by atoms with E-state index in [4.69, 9.17) is 10.5 Å². The van der Waals surface area contributed by atoms with Crippen LogP contribution in [0.25, 0.3) is 0 Å². The maximum atomic E-state index is 12.1. The highest BCUT2D eigenvalue weighted by molar-refractivity contribution is 7.89. The third-order valence-corrected chi connectivity index (χ3v) is 6.73. The Bertz CT molecular complexity index is 738. The number of nitrogen functional groups attached to an aromatic ring is 1. The largest absolute Gasteiger partial charge is 0.391 e. The van der Waals surface area contributed by atoms with Gasteiger partial charge in [-0.1, -0.05) is 0 Å². The number of nitrogens with zero attached hydrogens (tertiary/aromatic N) is 5. The first kappa shape index (κ1) is 19.1. The van der Waals surface area contributed by atoms with Gasteiger partial charge < -0.3 is 25.4 Å². The average molecular weight is 386 g/mol. The Hall–Kier alpha value is -1.69. The minimum atomic E-state index is -3.39. The fraction of sp³-hybridized carbons (Fsp3) is 0.733. The summed E-state index contributed by atoms with van der Waals surface area (Å²) >= 11 is 0. The highest BCUT2D eigenvalue weighted by atomic mass is 32.2. The maximum absolute atomic E-state index is 12.1. The molecule has 1 aromatic heterocycles. The summed E-state index contributed by atoms with van der Waals surface area (Å²) in [5.74, 6) is 0.986. The Morgan fingerprint density at radius 3 is 2.46 bits per heavy atom. The van der Waals surface area contributed by atoms with Crippen molar-refractivity contribution in [2.24, 2.45) is 5.92 Å². The van der Waals surface area contributed by atoms with Crippen molar-refractivity contribution in [2.45, 2.75) is 6.10 Å². The van der Waals surface area contributed by atoms with E-state index >= 15 is 0 Å². The molecule has 0 aromatic carbocycles. The van der Waals surface area contributed by atoms with Gasteiger partial charge in [-0.2, -0.15) is 9.97 Å². The number of hydrogen-bond donors (Lipinski definition) is 2. The fourth-order valence-corrected chi connectivity index (χ4v) is 4.35. The van der Waals surface area contributed by atoms with Gasteiger partial charge >= 0.3 is 0 Å². The molecule has 3 N–H and O–H groups in total. The minimum Gasteiger partial charge on any atom is -0.391 e. The van der Waals surface area contributed by atoms with E-state index in [1.54, 1.807) is 0 Å². The van der Waals surface area contributed by atoms with E-state index in [9.17, 15) is 13.5 Å². The van der Waals surface area contributed by atoms with Gasteiger partial charge in [-0.05, 0) is 0 Å². The molecule has 3 heterocycles. The monoisotopic (exact) mass is 386 g/mol. The molecule has 2 aliphatic heterocycles. The van der Waals surface area contributed by atoms with Gasteiger partial charge in [-0.3, -0.25) is 0 Å². The first-order valence-corrected chi connectivity index (χ1v) is 10.2. The molecular formula is C15H26N6O4S. The number of aromatic nitrogens is 2. The topological polar surface area (TPSA) is 125 Å². The van der Waals surface area contributed by atoms with E-state index in [2.05, 4.69) is 14.9 Å². The third-order valence-electron chi connectivity index (χ3n) is 4.76. The van der Waals surface area contributed by atoms with Crippen molar-refractivity contribution in [3.8, 4) is 0 Å². The van der Waals surface area contributed by atoms with Gasteiger partial charge in [0.05, 0.1) is 25.1 Å². The number of ether oxygens (including phenoxy) is 1. The molecular weight excluding hydrogens is 360 g/mol. The lowest BCUT2D eigenvalue weighted by molar-refractivity contribution is 0.122. The molecule has 146 valence electrons. The summed E-state index contributed by atoms with van der Waals surface area (Å²) in [6.45, 7) is 3.42. The molecule has 26 heavy (non-hydrogen) atoms. The molecule has 2 saturated heterocycles. The Labute approximate surface area is 153 Å². The van der Waals surface area contributed by atoms with Crippen LogP contribution in [0.15, 0.2) is 6.07 Å². The van der Waals surface area contributed by atoms with E-state index < -0.39 is 16.1 Å². The number of sulfonamides is 1. The molecule has 0 amide bonds. The van der Waals surface area contributed by atoms with Gasteiger partial charge in [0, 0.05) is 52.3 Å². The van der Waals surface area contributed by atoms with Crippen LogP contribution in [0.2, 0.25) is 0 Å². The summed E-state index contributed by atoms with van der Waals surface area (Å²) in [5.41, 5.74) is 5.87. The Morgan fingerprint density at radius 1 is 1.23 bits per heavy atom. The zero-order valence-electron chi connectivity index (χ0n) is 15.1. The number of anilines is 3. The molecule has 0 bridgehead atoms. The predicted molar refractivity (Wildman–Crippen MR) is 98.7 cm³/mol. The summed E-state index contributed by atoms with van der Waals surface area (Å²) in [6.07, 6.45) is -0.743. The van der Waals surface area contributed by atoms with Crippen molar-refractivity contribution in [3.05, 3.63) is 6.07 Å². The summed E-state index contributed by atoms with van der Waals surface area (Å²) < 4.78 is 30.8. The second-order valence-corrected chi connectivity index (χ2v) is 9.06. The third kappa shape index (κ3) is 4.17. The molecule has 10 nitrogen and oxygen atoms in total. The van der Waals surface area contributed by atoms with Gasteiger partial charge in [0.1, 0.15) is 11.6 Å². The van der Waals surface area contributed by atoms with E-state index in [1.807, 2.05) is 11.0 Å². The van der Waals surface area contributed by atoms with Crippen LogP contribution in [0.1, 0.15) is 0 Å². The molecule has 2 atom stereocenters. The first-order valence-electron chi connectivity index (χ1n) is 8.57. The summed E-state index contributed by atoms with van der Waals surface area (Å²) in [6, 6.07) is 1.83. The number of morpholine rings is 1. The van der Waals surface area contributed by atoms with Crippen LogP contribution in [0.5, 0.6) is 0 Å². The van der Waals surface area contributed by atoms with Crippen LogP contribution in [-0.4, -0.2) is 93.1 Å². The van der Waals surface area contributed by atoms with Gasteiger partial charge in [-0.25, -0.2) is 12.7 Å². The zero-order valence-corrected chi connectivity index (χ0v) is 15.9. The number of β-amino-alcohol motifs (C(OH)–C–C–N with tert-alkyl or cyclic N) is 1. The zero-order chi connectivity index (χ0) is 18.9. The van der Waals surface area contributed by atoms with Crippen LogP contribution < -0.4 is 15.5 Å². The number of aliphatic hydroxyl groups excluding tert-OH is 1. The SMILES string of the molecule is CN(C)S(=O)(=O)C[C@@H]1CN(c2cc(N3CCOCC3)nc(N)n2)C[C@H]1O. The molecule has 2 aliphatic rings. The molecule has 1 aromatic rings. The van der Waals surface area contributed by atoms with Gasteiger partial charge in [-0.15, -0.1) is 0 Å². The molecule has 0 spiro atoms. The minimum absolute atomic E-state index is 0.103. The molecule has 3 rings (SSSR count). The van der Waals surface area contributed by atoms with Crippen LogP contribution in [0, 0.1) is 5.92 Å². The van der Waals surface area contributed by atoms with Crippen molar-refractivity contribution in [3.63, 3.8) is 0 Å². The van der Waals surface area contributed by atoms with Crippen LogP contribution in [0.3, 0.4) is 0 Å². The van der Waals surface area contributed by atoms with Crippen LogP contribution >= 0.6 is 0 Å². The Kier molecular flexibility index (Phi) is 5.51. The molecule has 11 heteroatoms. The molecule has 0 unspecified atom stereocenters. The highest BCUT2D eigenvalue weighted by Gasteiger charge is 2.36. The second-order valence-electron chi connectivity index (χ2n) is 6.84. The van der Waals surface area contributed by atoms with Gasteiger partial charge in [0.2, 0.25) is 16.0 Å². The van der Waals surface area contributed by atoms with Crippen molar-refractivity contribution in [2.75, 3.05) is 74.8 Å². The smallest absolute Gasteiger partial charge is 0.223 e. The lowest BCUT2D eigenvalue weighted by Gasteiger charge is -2.28. The van der Waals surface area contributed by atoms with Crippen molar-refractivity contribution >= 4 is 27.6 Å². The Balaban J connectivity index is 1.76. The van der Waals surface area contributed by atoms with Crippen LogP contribution in [0.4, 0.5) is 17.6 Å². The highest BCUT2D eigenvalue weighted by Crippen LogP contribution is 2.27. The lowest BCUT2D eigenvalue weighted by atomic mass is 10.1. The van der Waals surface area contributed by atoms with Crippen molar-refractivity contribution in [1.82, 2.24) is 14.3 Å². The van der Waals surface area contributed by atoms with Gasteiger partial charge in [0.25, 0.3) is 0 Å². The van der Waals surface area contributed by atoms with Gasteiger partial charge in [0.15, 0.2) is 0 Å². The molecule has 0 saturated carbocycles. The van der Waals surface area contributed by atoms with E-state index in [0.717, 1.165) is 18.9 Å². The molecule has 0 aliphatic carbocycles. The summed E-state index contributed by atoms with van der Waals surface area (Å²) in [4.78, 5) is 12.5.